The van der Waals surface area contributed by atoms with Crippen LogP contribution in [-0.4, -0.2) is 47.4 Å². The maximum Gasteiger partial charge on any atom is 0.147 e. The standard InChI is InChI=1S/C13H24N6/c1-5-10-13(16-3)18-12(17-10)7-6-11(15)19(4)8-9(2)14/h6-7,9,15-16H,5,8,14H2,1-4H3,(H,17,18)/b7-6-,15-11?. The molecule has 0 bridgehead atoms. The Labute approximate surface area is 114 Å². The highest BCUT2D eigenvalue weighted by Gasteiger charge is 2.06. The molecular formula is C13H24N6. The number of rotatable bonds is 6. The molecule has 1 aromatic heterocycles. The van der Waals surface area contributed by atoms with Crippen molar-refractivity contribution in [1.82, 2.24) is 14.9 Å². The number of anilines is 1. The van der Waals surface area contributed by atoms with Gasteiger partial charge in [-0.05, 0) is 25.5 Å². The molecule has 106 valence electrons. The van der Waals surface area contributed by atoms with Crippen molar-refractivity contribution < 1.29 is 0 Å². The van der Waals surface area contributed by atoms with E-state index < -0.39 is 0 Å². The molecule has 0 amide bonds. The van der Waals surface area contributed by atoms with E-state index in [4.69, 9.17) is 11.1 Å². The monoisotopic (exact) mass is 264 g/mol. The normalized spacial score (nSPS) is 12.7. The number of nitrogens with one attached hydrogen (secondary N) is 3. The Morgan fingerprint density at radius 3 is 2.79 bits per heavy atom. The molecule has 5 N–H and O–H groups in total. The highest BCUT2D eigenvalue weighted by Crippen LogP contribution is 2.13. The lowest BCUT2D eigenvalue weighted by Crippen LogP contribution is -2.35. The molecule has 1 aromatic rings. The number of hydrogen-bond donors (Lipinski definition) is 4. The van der Waals surface area contributed by atoms with Crippen LogP contribution in [0.4, 0.5) is 5.82 Å². The highest BCUT2D eigenvalue weighted by molar-refractivity contribution is 5.93. The lowest BCUT2D eigenvalue weighted by Gasteiger charge is -2.19. The van der Waals surface area contributed by atoms with Crippen molar-refractivity contribution in [1.29, 1.82) is 5.41 Å². The van der Waals surface area contributed by atoms with Crippen molar-refractivity contribution in [3.8, 4) is 0 Å². The molecule has 6 nitrogen and oxygen atoms in total. The summed E-state index contributed by atoms with van der Waals surface area (Å²) in [5.74, 6) is 2.02. The third-order valence-corrected chi connectivity index (χ3v) is 2.76. The Balaban J connectivity index is 2.70. The number of likely N-dealkylation sites (N-methyl/N-ethyl adjacent to an activating group) is 1. The van der Waals surface area contributed by atoms with Crippen LogP contribution in [-0.2, 0) is 6.42 Å². The first-order valence-corrected chi connectivity index (χ1v) is 6.47. The topological polar surface area (TPSA) is 93.8 Å². The Morgan fingerprint density at radius 2 is 2.32 bits per heavy atom. The highest BCUT2D eigenvalue weighted by atomic mass is 15.1. The fourth-order valence-corrected chi connectivity index (χ4v) is 1.79. The number of aromatic amines is 1. The quantitative estimate of drug-likeness (QED) is 0.460. The van der Waals surface area contributed by atoms with Gasteiger partial charge in [0.25, 0.3) is 0 Å². The lowest BCUT2D eigenvalue weighted by molar-refractivity contribution is 0.463. The van der Waals surface area contributed by atoms with Crippen LogP contribution in [0.15, 0.2) is 6.08 Å². The minimum atomic E-state index is 0.0463. The molecule has 19 heavy (non-hydrogen) atoms. The molecular weight excluding hydrogens is 240 g/mol. The van der Waals surface area contributed by atoms with Gasteiger partial charge in [-0.25, -0.2) is 4.98 Å². The molecule has 0 aliphatic carbocycles. The molecule has 0 aliphatic heterocycles. The van der Waals surface area contributed by atoms with E-state index in [-0.39, 0.29) is 6.04 Å². The minimum Gasteiger partial charge on any atom is -0.372 e. The van der Waals surface area contributed by atoms with Crippen LogP contribution < -0.4 is 11.1 Å². The summed E-state index contributed by atoms with van der Waals surface area (Å²) in [6.45, 7) is 4.65. The van der Waals surface area contributed by atoms with E-state index in [1.54, 1.807) is 12.2 Å². The van der Waals surface area contributed by atoms with Gasteiger partial charge in [-0.1, -0.05) is 6.92 Å². The number of nitrogens with two attached hydrogens (primary N) is 1. The Morgan fingerprint density at radius 1 is 1.63 bits per heavy atom. The number of aryl methyl sites for hydroxylation is 1. The van der Waals surface area contributed by atoms with E-state index in [0.29, 0.717) is 12.4 Å². The summed E-state index contributed by atoms with van der Waals surface area (Å²) in [5.41, 5.74) is 6.78. The van der Waals surface area contributed by atoms with E-state index >= 15 is 0 Å². The SMILES string of the molecule is CCc1[nH]c(/C=C\C(=N)N(C)CC(C)N)nc1NC. The maximum absolute atomic E-state index is 7.91. The van der Waals surface area contributed by atoms with Gasteiger partial charge >= 0.3 is 0 Å². The van der Waals surface area contributed by atoms with Crippen LogP contribution in [0.1, 0.15) is 25.4 Å². The molecule has 6 heteroatoms. The zero-order chi connectivity index (χ0) is 14.4. The molecule has 1 atom stereocenters. The van der Waals surface area contributed by atoms with Crippen molar-refractivity contribution in [3.63, 3.8) is 0 Å². The smallest absolute Gasteiger partial charge is 0.147 e. The third-order valence-electron chi connectivity index (χ3n) is 2.76. The predicted molar refractivity (Wildman–Crippen MR) is 80.6 cm³/mol. The number of amidine groups is 1. The van der Waals surface area contributed by atoms with Crippen LogP contribution in [0.5, 0.6) is 0 Å². The van der Waals surface area contributed by atoms with E-state index in [1.165, 1.54) is 0 Å². The van der Waals surface area contributed by atoms with Gasteiger partial charge in [0.1, 0.15) is 17.5 Å². The van der Waals surface area contributed by atoms with Gasteiger partial charge in [0, 0.05) is 26.7 Å². The molecule has 0 fully saturated rings. The summed E-state index contributed by atoms with van der Waals surface area (Å²) in [7, 11) is 3.70. The van der Waals surface area contributed by atoms with Gasteiger partial charge in [-0.2, -0.15) is 0 Å². The zero-order valence-corrected chi connectivity index (χ0v) is 12.1. The minimum absolute atomic E-state index is 0.0463. The van der Waals surface area contributed by atoms with Gasteiger partial charge in [-0.15, -0.1) is 0 Å². The third kappa shape index (κ3) is 4.40. The van der Waals surface area contributed by atoms with Gasteiger partial charge in [0.2, 0.25) is 0 Å². The number of imidazole rings is 1. The fourth-order valence-electron chi connectivity index (χ4n) is 1.79. The Kier molecular flexibility index (Phi) is 5.57. The average Bonchev–Trinajstić information content (AvgIpc) is 2.77. The summed E-state index contributed by atoms with van der Waals surface area (Å²) < 4.78 is 0. The number of nitrogens with zero attached hydrogens (tertiary/aromatic N) is 2. The summed E-state index contributed by atoms with van der Waals surface area (Å²) >= 11 is 0. The molecule has 0 radical (unpaired) electrons. The van der Waals surface area contributed by atoms with Crippen LogP contribution in [0.25, 0.3) is 6.08 Å². The first kappa shape index (κ1) is 15.2. The van der Waals surface area contributed by atoms with Crippen LogP contribution >= 0.6 is 0 Å². The second kappa shape index (κ2) is 6.94. The largest absolute Gasteiger partial charge is 0.372 e. The molecule has 1 heterocycles. The molecule has 0 saturated heterocycles. The average molecular weight is 264 g/mol. The van der Waals surface area contributed by atoms with E-state index in [1.807, 2.05) is 25.9 Å². The summed E-state index contributed by atoms with van der Waals surface area (Å²) in [6.07, 6.45) is 4.42. The summed E-state index contributed by atoms with van der Waals surface area (Å²) in [5, 5.41) is 11.0. The van der Waals surface area contributed by atoms with Gasteiger partial charge < -0.3 is 20.9 Å². The molecule has 0 saturated carbocycles. The molecule has 0 spiro atoms. The van der Waals surface area contributed by atoms with Crippen LogP contribution in [0, 0.1) is 5.41 Å². The first-order valence-electron chi connectivity index (χ1n) is 6.47. The van der Waals surface area contributed by atoms with Crippen molar-refractivity contribution in [3.05, 3.63) is 17.6 Å². The first-order chi connectivity index (χ1) is 8.97. The van der Waals surface area contributed by atoms with Crippen molar-refractivity contribution >= 4 is 17.7 Å². The molecule has 1 rings (SSSR count). The fraction of sp³-hybridized carbons (Fsp3) is 0.538. The number of H-pyrrole nitrogens is 1. The number of hydrogen-bond acceptors (Lipinski definition) is 4. The van der Waals surface area contributed by atoms with Gasteiger partial charge in [0.05, 0.1) is 5.69 Å². The second-order valence-electron chi connectivity index (χ2n) is 4.63. The molecule has 1 unspecified atom stereocenters. The van der Waals surface area contributed by atoms with Crippen molar-refractivity contribution in [2.24, 2.45) is 5.73 Å². The Hall–Kier alpha value is -1.82. The van der Waals surface area contributed by atoms with Gasteiger partial charge in [-0.3, -0.25) is 5.41 Å². The van der Waals surface area contributed by atoms with E-state index in [9.17, 15) is 0 Å². The summed E-state index contributed by atoms with van der Waals surface area (Å²) in [4.78, 5) is 9.42. The lowest BCUT2D eigenvalue weighted by atomic mass is 10.3. The van der Waals surface area contributed by atoms with Crippen molar-refractivity contribution in [2.45, 2.75) is 26.3 Å². The summed E-state index contributed by atoms with van der Waals surface area (Å²) in [6, 6.07) is 0.0463. The molecule has 0 aliphatic rings. The Bertz CT molecular complexity index is 424. The maximum atomic E-state index is 7.91. The zero-order valence-electron chi connectivity index (χ0n) is 12.1. The van der Waals surface area contributed by atoms with E-state index in [2.05, 4.69) is 22.2 Å². The van der Waals surface area contributed by atoms with Crippen molar-refractivity contribution in [2.75, 3.05) is 26.0 Å². The van der Waals surface area contributed by atoms with Crippen LogP contribution in [0.2, 0.25) is 0 Å². The molecule has 0 aromatic carbocycles. The van der Waals surface area contributed by atoms with Crippen LogP contribution in [0.3, 0.4) is 0 Å². The number of aromatic nitrogens is 2. The predicted octanol–water partition coefficient (Wildman–Crippen LogP) is 1.28. The second-order valence-corrected chi connectivity index (χ2v) is 4.63. The van der Waals surface area contributed by atoms with Gasteiger partial charge in [0.15, 0.2) is 0 Å². The van der Waals surface area contributed by atoms with E-state index in [0.717, 1.165) is 23.8 Å².